The highest BCUT2D eigenvalue weighted by molar-refractivity contribution is 7.80. The fourth-order valence-corrected chi connectivity index (χ4v) is 2.53. The van der Waals surface area contributed by atoms with Crippen LogP contribution in [0.25, 0.3) is 10.9 Å². The number of fused-ring (bicyclic) bond motifs is 1. The van der Waals surface area contributed by atoms with Crippen LogP contribution in [0.15, 0.2) is 48.8 Å². The molecule has 3 N–H and O–H groups in total. The lowest BCUT2D eigenvalue weighted by molar-refractivity contribution is 0.914. The Hall–Kier alpha value is -2.80. The van der Waals surface area contributed by atoms with E-state index in [0.717, 1.165) is 28.8 Å². The van der Waals surface area contributed by atoms with E-state index in [-0.39, 0.29) is 0 Å². The van der Waals surface area contributed by atoms with Gasteiger partial charge in [-0.15, -0.1) is 0 Å². The minimum Gasteiger partial charge on any atom is -0.383 e. The van der Waals surface area contributed by atoms with Gasteiger partial charge in [0, 0.05) is 42.3 Å². The lowest BCUT2D eigenvalue weighted by Gasteiger charge is -2.12. The maximum Gasteiger partial charge on any atom is 0.228 e. The smallest absolute Gasteiger partial charge is 0.228 e. The fourth-order valence-electron chi connectivity index (χ4n) is 2.34. The van der Waals surface area contributed by atoms with Crippen molar-refractivity contribution in [2.24, 2.45) is 0 Å². The van der Waals surface area contributed by atoms with Crippen molar-refractivity contribution < 1.29 is 0 Å². The molecule has 0 radical (unpaired) electrons. The number of aryl methyl sites for hydroxylation is 1. The zero-order valence-electron chi connectivity index (χ0n) is 13.3. The van der Waals surface area contributed by atoms with Crippen LogP contribution < -0.4 is 16.0 Å². The minimum absolute atomic E-state index is 0.485. The highest BCUT2D eigenvalue weighted by Gasteiger charge is 2.03. The summed E-state index contributed by atoms with van der Waals surface area (Å²) in [6.07, 6.45) is 3.33. The molecule has 0 amide bonds. The third-order valence-electron chi connectivity index (χ3n) is 3.36. The quantitative estimate of drug-likeness (QED) is 0.488. The first-order valence-corrected chi connectivity index (χ1v) is 8.05. The molecule has 0 aliphatic carbocycles. The Bertz CT molecular complexity index is 837. The van der Waals surface area contributed by atoms with Crippen LogP contribution >= 0.6 is 12.2 Å². The van der Waals surface area contributed by atoms with Gasteiger partial charge in [0.25, 0.3) is 0 Å². The maximum atomic E-state index is 5.22. The first kappa shape index (κ1) is 16.1. The molecule has 1 aromatic carbocycles. The molecule has 2 heterocycles. The molecule has 0 aliphatic rings. The molecule has 7 heteroatoms. The van der Waals surface area contributed by atoms with E-state index in [4.69, 9.17) is 12.2 Å². The van der Waals surface area contributed by atoms with E-state index in [1.807, 2.05) is 25.1 Å². The van der Waals surface area contributed by atoms with Crippen molar-refractivity contribution in [1.82, 2.24) is 20.3 Å². The van der Waals surface area contributed by atoms with Crippen LogP contribution in [0.1, 0.15) is 5.69 Å². The van der Waals surface area contributed by atoms with E-state index >= 15 is 0 Å². The molecule has 24 heavy (non-hydrogen) atoms. The predicted molar refractivity (Wildman–Crippen MR) is 101 cm³/mol. The molecule has 0 atom stereocenters. The zero-order chi connectivity index (χ0) is 16.8. The summed E-state index contributed by atoms with van der Waals surface area (Å²) in [7, 11) is 0. The largest absolute Gasteiger partial charge is 0.383 e. The summed E-state index contributed by atoms with van der Waals surface area (Å²) in [6.45, 7) is 3.40. The van der Waals surface area contributed by atoms with Gasteiger partial charge in [0.2, 0.25) is 5.95 Å². The number of hydrogen-bond acceptors (Lipinski definition) is 5. The van der Waals surface area contributed by atoms with Crippen molar-refractivity contribution in [3.63, 3.8) is 0 Å². The number of rotatable bonds is 5. The van der Waals surface area contributed by atoms with Crippen molar-refractivity contribution in [2.45, 2.75) is 6.92 Å². The number of nitrogens with zero attached hydrogens (tertiary/aromatic N) is 3. The highest BCUT2D eigenvalue weighted by atomic mass is 32.1. The third-order valence-corrected chi connectivity index (χ3v) is 3.61. The van der Waals surface area contributed by atoms with E-state index < -0.39 is 0 Å². The summed E-state index contributed by atoms with van der Waals surface area (Å²) >= 11 is 5.22. The number of thiocarbonyl (C=S) groups is 1. The second-order valence-corrected chi connectivity index (χ2v) is 5.62. The summed E-state index contributed by atoms with van der Waals surface area (Å²) in [5.74, 6) is 0.485. The lowest BCUT2D eigenvalue weighted by atomic mass is 10.1. The van der Waals surface area contributed by atoms with Gasteiger partial charge in [-0.1, -0.05) is 18.2 Å². The van der Waals surface area contributed by atoms with Gasteiger partial charge in [0.1, 0.15) is 0 Å². The van der Waals surface area contributed by atoms with E-state index in [9.17, 15) is 0 Å². The first-order valence-electron chi connectivity index (χ1n) is 7.64. The first-order chi connectivity index (χ1) is 11.7. The van der Waals surface area contributed by atoms with Gasteiger partial charge >= 0.3 is 0 Å². The Kier molecular flexibility index (Phi) is 5.12. The zero-order valence-corrected chi connectivity index (χ0v) is 14.1. The second-order valence-electron chi connectivity index (χ2n) is 5.21. The summed E-state index contributed by atoms with van der Waals surface area (Å²) in [4.78, 5) is 12.7. The third kappa shape index (κ3) is 4.14. The molecule has 0 fully saturated rings. The molecule has 0 saturated heterocycles. The SMILES string of the molecule is Cc1cc(NCCNC(=S)Nc2ncccn2)c2ccccc2n1. The number of para-hydroxylation sites is 1. The Labute approximate surface area is 145 Å². The van der Waals surface area contributed by atoms with Gasteiger partial charge in [0.15, 0.2) is 5.11 Å². The summed E-state index contributed by atoms with van der Waals surface area (Å²) in [6, 6.07) is 11.9. The van der Waals surface area contributed by atoms with Gasteiger partial charge in [-0.2, -0.15) is 0 Å². The summed E-state index contributed by atoms with van der Waals surface area (Å²) < 4.78 is 0. The number of benzene rings is 1. The van der Waals surface area contributed by atoms with Crippen molar-refractivity contribution in [3.8, 4) is 0 Å². The van der Waals surface area contributed by atoms with Crippen LogP contribution in [0.3, 0.4) is 0 Å². The maximum absolute atomic E-state index is 5.22. The van der Waals surface area contributed by atoms with Crippen molar-refractivity contribution in [1.29, 1.82) is 0 Å². The minimum atomic E-state index is 0.485. The molecule has 0 unspecified atom stereocenters. The molecule has 3 aromatic rings. The van der Waals surface area contributed by atoms with Crippen LogP contribution in [0.4, 0.5) is 11.6 Å². The van der Waals surface area contributed by atoms with Gasteiger partial charge in [-0.3, -0.25) is 4.98 Å². The lowest BCUT2D eigenvalue weighted by Crippen LogP contribution is -2.33. The van der Waals surface area contributed by atoms with E-state index in [0.29, 0.717) is 17.6 Å². The van der Waals surface area contributed by atoms with Crippen molar-refractivity contribution in [2.75, 3.05) is 23.7 Å². The van der Waals surface area contributed by atoms with Gasteiger partial charge in [-0.25, -0.2) is 9.97 Å². The van der Waals surface area contributed by atoms with Crippen LogP contribution in [0, 0.1) is 6.92 Å². The second kappa shape index (κ2) is 7.65. The normalized spacial score (nSPS) is 10.4. The molecular weight excluding hydrogens is 320 g/mol. The van der Waals surface area contributed by atoms with E-state index in [2.05, 4.69) is 43.0 Å². The number of aromatic nitrogens is 3. The summed E-state index contributed by atoms with van der Waals surface area (Å²) in [5, 5.41) is 11.1. The monoisotopic (exact) mass is 338 g/mol. The number of pyridine rings is 1. The standard InChI is InChI=1S/C17H18N6S/c1-12-11-15(13-5-2-3-6-14(13)22-12)18-9-10-21-17(24)23-16-19-7-4-8-20-16/h2-8,11H,9-10H2,1H3,(H,18,22)(H2,19,20,21,23,24). The molecule has 2 aromatic heterocycles. The average molecular weight is 338 g/mol. The van der Waals surface area contributed by atoms with Crippen LogP contribution in [0.5, 0.6) is 0 Å². The predicted octanol–water partition coefficient (Wildman–Crippen LogP) is 2.73. The molecule has 0 bridgehead atoms. The Morgan fingerprint density at radius 2 is 1.88 bits per heavy atom. The number of hydrogen-bond donors (Lipinski definition) is 3. The topological polar surface area (TPSA) is 74.8 Å². The molecule has 0 aliphatic heterocycles. The Balaban J connectivity index is 1.53. The molecule has 3 rings (SSSR count). The van der Waals surface area contributed by atoms with Crippen LogP contribution in [-0.2, 0) is 0 Å². The molecule has 6 nitrogen and oxygen atoms in total. The summed E-state index contributed by atoms with van der Waals surface area (Å²) in [5.41, 5.74) is 3.05. The Morgan fingerprint density at radius 1 is 1.08 bits per heavy atom. The highest BCUT2D eigenvalue weighted by Crippen LogP contribution is 2.22. The van der Waals surface area contributed by atoms with Crippen LogP contribution in [-0.4, -0.2) is 33.2 Å². The molecular formula is C17H18N6S. The molecule has 122 valence electrons. The van der Waals surface area contributed by atoms with Gasteiger partial charge in [-0.05, 0) is 37.3 Å². The number of nitrogens with one attached hydrogen (secondary N) is 3. The molecule has 0 saturated carbocycles. The van der Waals surface area contributed by atoms with Gasteiger partial charge < -0.3 is 16.0 Å². The number of anilines is 2. The van der Waals surface area contributed by atoms with Crippen molar-refractivity contribution >= 4 is 39.9 Å². The average Bonchev–Trinajstić information content (AvgIpc) is 2.59. The van der Waals surface area contributed by atoms with E-state index in [1.54, 1.807) is 18.5 Å². The van der Waals surface area contributed by atoms with Crippen LogP contribution in [0.2, 0.25) is 0 Å². The Morgan fingerprint density at radius 3 is 2.71 bits per heavy atom. The molecule has 0 spiro atoms. The van der Waals surface area contributed by atoms with Gasteiger partial charge in [0.05, 0.1) is 5.52 Å². The van der Waals surface area contributed by atoms with E-state index in [1.165, 1.54) is 0 Å². The fraction of sp³-hybridized carbons (Fsp3) is 0.176. The van der Waals surface area contributed by atoms with Crippen molar-refractivity contribution in [3.05, 3.63) is 54.5 Å².